The van der Waals surface area contributed by atoms with E-state index >= 15 is 0 Å². The van der Waals surface area contributed by atoms with Gasteiger partial charge in [0.25, 0.3) is 0 Å². The topological polar surface area (TPSA) is 124 Å². The summed E-state index contributed by atoms with van der Waals surface area (Å²) in [6.07, 6.45) is -1.05. The van der Waals surface area contributed by atoms with Crippen LogP contribution in [0.2, 0.25) is 0 Å². The molecule has 0 radical (unpaired) electrons. The van der Waals surface area contributed by atoms with E-state index in [0.29, 0.717) is 0 Å². The molecule has 0 spiro atoms. The largest absolute Gasteiger partial charge is 0.481 e. The third-order valence-corrected chi connectivity index (χ3v) is 4.45. The van der Waals surface area contributed by atoms with Crippen LogP contribution in [0.1, 0.15) is 23.5 Å². The van der Waals surface area contributed by atoms with Crippen LogP contribution in [0, 0.1) is 0 Å². The van der Waals surface area contributed by atoms with Gasteiger partial charge < -0.3 is 15.2 Å². The first-order valence-electron chi connectivity index (χ1n) is 8.45. The molecule has 1 aliphatic rings. The molecule has 0 aliphatic heterocycles. The molecular weight excluding hydrogens is 348 g/mol. The second kappa shape index (κ2) is 8.25. The maximum Gasteiger partial charge on any atom is 0.407 e. The number of aliphatic carboxylic acids is 1. The van der Waals surface area contributed by atoms with Gasteiger partial charge in [-0.1, -0.05) is 53.6 Å². The minimum Gasteiger partial charge on any atom is -0.481 e. The Kier molecular flexibility index (Phi) is 5.58. The fourth-order valence-corrected chi connectivity index (χ4v) is 3.28. The van der Waals surface area contributed by atoms with Gasteiger partial charge in [-0.25, -0.2) is 4.79 Å². The van der Waals surface area contributed by atoms with Gasteiger partial charge in [0.2, 0.25) is 0 Å². The van der Waals surface area contributed by atoms with Gasteiger partial charge >= 0.3 is 12.1 Å². The first-order chi connectivity index (χ1) is 13.1. The Balaban J connectivity index is 1.62. The van der Waals surface area contributed by atoms with Crippen molar-refractivity contribution in [3.63, 3.8) is 0 Å². The van der Waals surface area contributed by atoms with E-state index in [1.807, 2.05) is 48.5 Å². The van der Waals surface area contributed by atoms with E-state index in [4.69, 9.17) is 15.4 Å². The van der Waals surface area contributed by atoms with Crippen molar-refractivity contribution in [3.8, 4) is 11.1 Å². The number of carbonyl (C=O) groups excluding carboxylic acids is 1. The van der Waals surface area contributed by atoms with Crippen LogP contribution in [0.15, 0.2) is 53.6 Å². The number of benzene rings is 2. The number of alkyl carbamates (subject to hydrolysis) is 1. The molecule has 0 unspecified atom stereocenters. The normalized spacial score (nSPS) is 13.0. The summed E-state index contributed by atoms with van der Waals surface area (Å²) in [6.45, 7) is 0.0536. The smallest absolute Gasteiger partial charge is 0.407 e. The van der Waals surface area contributed by atoms with Gasteiger partial charge in [0.15, 0.2) is 0 Å². The highest BCUT2D eigenvalue weighted by Crippen LogP contribution is 2.44. The van der Waals surface area contributed by atoms with Gasteiger partial charge in [0.1, 0.15) is 6.61 Å². The van der Waals surface area contributed by atoms with Crippen molar-refractivity contribution in [2.45, 2.75) is 18.4 Å². The molecule has 27 heavy (non-hydrogen) atoms. The van der Waals surface area contributed by atoms with Crippen molar-refractivity contribution in [2.75, 3.05) is 13.2 Å². The molecule has 0 bridgehead atoms. The lowest BCUT2D eigenvalue weighted by Gasteiger charge is -2.15. The first-order valence-corrected chi connectivity index (χ1v) is 8.45. The van der Waals surface area contributed by atoms with Crippen LogP contribution in [-0.2, 0) is 9.53 Å². The SMILES string of the molecule is [N-]=[N+]=N[C@H](CNC(=O)OCC1c2ccccc2-c2ccccc21)CC(=O)O. The molecule has 0 heterocycles. The van der Waals surface area contributed by atoms with Gasteiger partial charge in [0, 0.05) is 17.4 Å². The first kappa shape index (κ1) is 18.3. The van der Waals surface area contributed by atoms with Crippen molar-refractivity contribution >= 4 is 12.1 Å². The number of nitrogens with zero attached hydrogens (tertiary/aromatic N) is 3. The average Bonchev–Trinajstić information content (AvgIpc) is 2.98. The van der Waals surface area contributed by atoms with Crippen LogP contribution in [0.5, 0.6) is 0 Å². The Labute approximate surface area is 155 Å². The predicted molar refractivity (Wildman–Crippen MR) is 98.3 cm³/mol. The molecule has 1 amide bonds. The third kappa shape index (κ3) is 4.19. The lowest BCUT2D eigenvalue weighted by atomic mass is 9.98. The summed E-state index contributed by atoms with van der Waals surface area (Å²) in [6, 6.07) is 15.1. The summed E-state index contributed by atoms with van der Waals surface area (Å²) in [5.41, 5.74) is 12.9. The standard InChI is InChI=1S/C19H18N4O4/c20-23-22-12(9-18(24)25)10-21-19(26)27-11-17-15-7-3-1-5-13(15)14-6-2-4-8-16(14)17/h1-8,12,17H,9-11H2,(H,21,26)(H,24,25)/t12-/m0/s1. The lowest BCUT2D eigenvalue weighted by Crippen LogP contribution is -2.33. The van der Waals surface area contributed by atoms with Gasteiger partial charge in [-0.2, -0.15) is 0 Å². The molecule has 138 valence electrons. The Hall–Kier alpha value is -3.51. The summed E-state index contributed by atoms with van der Waals surface area (Å²) in [4.78, 5) is 25.3. The van der Waals surface area contributed by atoms with Gasteiger partial charge in [-0.15, -0.1) is 0 Å². The van der Waals surface area contributed by atoms with E-state index in [1.165, 1.54) is 0 Å². The number of nitrogens with one attached hydrogen (secondary N) is 1. The zero-order valence-corrected chi connectivity index (χ0v) is 14.4. The second-order valence-corrected chi connectivity index (χ2v) is 6.16. The van der Waals surface area contributed by atoms with Crippen molar-refractivity contribution in [1.29, 1.82) is 0 Å². The number of hydrogen-bond donors (Lipinski definition) is 2. The fourth-order valence-electron chi connectivity index (χ4n) is 3.28. The Morgan fingerprint density at radius 1 is 1.15 bits per heavy atom. The number of hydrogen-bond acceptors (Lipinski definition) is 4. The number of fused-ring (bicyclic) bond motifs is 3. The molecule has 2 N–H and O–H groups in total. The van der Waals surface area contributed by atoms with Crippen LogP contribution < -0.4 is 5.32 Å². The van der Waals surface area contributed by atoms with E-state index in [1.54, 1.807) is 0 Å². The van der Waals surface area contributed by atoms with Crippen LogP contribution in [-0.4, -0.2) is 36.4 Å². The molecule has 0 saturated carbocycles. The zero-order valence-electron chi connectivity index (χ0n) is 14.4. The minimum absolute atomic E-state index is 0.0601. The van der Waals surface area contributed by atoms with E-state index in [2.05, 4.69) is 15.3 Å². The number of carboxylic acids is 1. The molecule has 8 nitrogen and oxygen atoms in total. The Morgan fingerprint density at radius 3 is 2.30 bits per heavy atom. The molecule has 0 aromatic heterocycles. The molecule has 8 heteroatoms. The summed E-state index contributed by atoms with van der Waals surface area (Å²) >= 11 is 0. The molecule has 3 rings (SSSR count). The highest BCUT2D eigenvalue weighted by Gasteiger charge is 2.29. The highest BCUT2D eigenvalue weighted by molar-refractivity contribution is 5.79. The van der Waals surface area contributed by atoms with E-state index in [0.717, 1.165) is 22.3 Å². The number of ether oxygens (including phenoxy) is 1. The molecule has 2 aromatic rings. The van der Waals surface area contributed by atoms with Crippen LogP contribution in [0.3, 0.4) is 0 Å². The van der Waals surface area contributed by atoms with Crippen LogP contribution in [0.25, 0.3) is 21.6 Å². The zero-order chi connectivity index (χ0) is 19.2. The van der Waals surface area contributed by atoms with Crippen molar-refractivity contribution < 1.29 is 19.4 Å². The summed E-state index contributed by atoms with van der Waals surface area (Å²) in [7, 11) is 0. The molecule has 1 aliphatic carbocycles. The van der Waals surface area contributed by atoms with E-state index in [-0.39, 0.29) is 25.5 Å². The van der Waals surface area contributed by atoms with Crippen molar-refractivity contribution in [3.05, 3.63) is 70.1 Å². The third-order valence-electron chi connectivity index (χ3n) is 4.45. The number of amides is 1. The maximum atomic E-state index is 12.0. The summed E-state index contributed by atoms with van der Waals surface area (Å²) in [5, 5.41) is 14.6. The lowest BCUT2D eigenvalue weighted by molar-refractivity contribution is -0.137. The molecule has 1 atom stereocenters. The number of azide groups is 1. The molecule has 2 aromatic carbocycles. The number of rotatable bonds is 7. The van der Waals surface area contributed by atoms with Crippen molar-refractivity contribution in [1.82, 2.24) is 5.32 Å². The molecular formula is C19H18N4O4. The average molecular weight is 366 g/mol. The summed E-state index contributed by atoms with van der Waals surface area (Å²) in [5.74, 6) is -1.17. The summed E-state index contributed by atoms with van der Waals surface area (Å²) < 4.78 is 5.34. The van der Waals surface area contributed by atoms with Crippen molar-refractivity contribution in [2.24, 2.45) is 5.11 Å². The maximum absolute atomic E-state index is 12.0. The minimum atomic E-state index is -1.11. The van der Waals surface area contributed by atoms with E-state index < -0.39 is 18.1 Å². The fraction of sp³-hybridized carbons (Fsp3) is 0.263. The number of carboxylic acid groups (broad SMARTS) is 1. The molecule has 0 saturated heterocycles. The van der Waals surface area contributed by atoms with E-state index in [9.17, 15) is 9.59 Å². The number of carbonyl (C=O) groups is 2. The quantitative estimate of drug-likeness (QED) is 0.440. The Bertz CT molecular complexity index is 863. The monoisotopic (exact) mass is 366 g/mol. The predicted octanol–water partition coefficient (Wildman–Crippen LogP) is 3.68. The van der Waals surface area contributed by atoms with Crippen LogP contribution >= 0.6 is 0 Å². The van der Waals surface area contributed by atoms with Gasteiger partial charge in [0.05, 0.1) is 12.5 Å². The van der Waals surface area contributed by atoms with Gasteiger partial charge in [-0.3, -0.25) is 4.79 Å². The van der Waals surface area contributed by atoms with Gasteiger partial charge in [-0.05, 0) is 27.8 Å². The van der Waals surface area contributed by atoms with Crippen LogP contribution in [0.4, 0.5) is 4.79 Å². The Morgan fingerprint density at radius 2 is 1.74 bits per heavy atom. The molecule has 0 fully saturated rings. The second-order valence-electron chi connectivity index (χ2n) is 6.16. The highest BCUT2D eigenvalue weighted by atomic mass is 16.5.